The minimum atomic E-state index is 0.0554. The summed E-state index contributed by atoms with van der Waals surface area (Å²) in [5.41, 5.74) is 1.95. The predicted octanol–water partition coefficient (Wildman–Crippen LogP) is 1.33. The van der Waals surface area contributed by atoms with E-state index in [1.165, 1.54) is 0 Å². The molecule has 2 heterocycles. The number of piperazine rings is 1. The van der Waals surface area contributed by atoms with E-state index in [0.717, 1.165) is 56.8 Å². The Kier molecular flexibility index (Phi) is 5.12. The number of carbonyl (C=O) groups excluding carboxylic acids is 2. The van der Waals surface area contributed by atoms with E-state index in [1.807, 2.05) is 24.3 Å². The molecule has 1 N–H and O–H groups in total. The average Bonchev–Trinajstić information content (AvgIpc) is 2.63. The van der Waals surface area contributed by atoms with Crippen LogP contribution in [0.2, 0.25) is 0 Å². The highest BCUT2D eigenvalue weighted by molar-refractivity contribution is 5.92. The molecule has 124 valence electrons. The molecule has 0 bridgehead atoms. The van der Waals surface area contributed by atoms with Crippen molar-refractivity contribution in [2.24, 2.45) is 5.92 Å². The van der Waals surface area contributed by atoms with Crippen molar-refractivity contribution in [2.45, 2.75) is 12.8 Å². The molecule has 0 aromatic heterocycles. The van der Waals surface area contributed by atoms with Crippen LogP contribution in [0.1, 0.15) is 12.8 Å². The fourth-order valence-electron chi connectivity index (χ4n) is 3.05. The number of hydrogen-bond acceptors (Lipinski definition) is 4. The second-order valence-electron chi connectivity index (χ2n) is 6.05. The SMILES string of the molecule is O=CN1CCN(c2ccc(NC(=O)C3CCOCC3)cc2)CC1. The number of nitrogens with one attached hydrogen (secondary N) is 1. The van der Waals surface area contributed by atoms with Crippen LogP contribution >= 0.6 is 0 Å². The number of rotatable bonds is 4. The van der Waals surface area contributed by atoms with Gasteiger partial charge in [0.2, 0.25) is 12.3 Å². The van der Waals surface area contributed by atoms with Crippen LogP contribution in [0.3, 0.4) is 0 Å². The Labute approximate surface area is 136 Å². The molecule has 0 aliphatic carbocycles. The van der Waals surface area contributed by atoms with Crippen LogP contribution in [-0.2, 0) is 14.3 Å². The van der Waals surface area contributed by atoms with E-state index in [-0.39, 0.29) is 11.8 Å². The third-order valence-corrected chi connectivity index (χ3v) is 4.56. The molecule has 2 amide bonds. The van der Waals surface area contributed by atoms with E-state index in [0.29, 0.717) is 13.2 Å². The zero-order valence-electron chi connectivity index (χ0n) is 13.2. The summed E-state index contributed by atoms with van der Waals surface area (Å²) in [5, 5.41) is 2.99. The second kappa shape index (κ2) is 7.46. The van der Waals surface area contributed by atoms with Crippen molar-refractivity contribution in [2.75, 3.05) is 49.6 Å². The Bertz CT molecular complexity index is 533. The molecule has 6 heteroatoms. The average molecular weight is 317 g/mol. The topological polar surface area (TPSA) is 61.9 Å². The van der Waals surface area contributed by atoms with Gasteiger partial charge in [-0.2, -0.15) is 0 Å². The number of carbonyl (C=O) groups is 2. The van der Waals surface area contributed by atoms with Gasteiger partial charge in [-0.1, -0.05) is 0 Å². The van der Waals surface area contributed by atoms with Crippen molar-refractivity contribution in [1.82, 2.24) is 4.90 Å². The lowest BCUT2D eigenvalue weighted by molar-refractivity contribution is -0.122. The Morgan fingerprint density at radius 3 is 2.35 bits per heavy atom. The van der Waals surface area contributed by atoms with Crippen molar-refractivity contribution < 1.29 is 14.3 Å². The van der Waals surface area contributed by atoms with Crippen molar-refractivity contribution >= 4 is 23.7 Å². The molecule has 0 saturated carbocycles. The third-order valence-electron chi connectivity index (χ3n) is 4.56. The molecule has 1 aromatic rings. The van der Waals surface area contributed by atoms with Gasteiger partial charge in [-0.25, -0.2) is 0 Å². The molecular formula is C17H23N3O3. The number of nitrogens with zero attached hydrogens (tertiary/aromatic N) is 2. The summed E-state index contributed by atoms with van der Waals surface area (Å²) in [6.07, 6.45) is 2.50. The Morgan fingerprint density at radius 2 is 1.74 bits per heavy atom. The van der Waals surface area contributed by atoms with E-state index >= 15 is 0 Å². The van der Waals surface area contributed by atoms with Crippen LogP contribution in [-0.4, -0.2) is 56.6 Å². The Morgan fingerprint density at radius 1 is 1.09 bits per heavy atom. The highest BCUT2D eigenvalue weighted by Gasteiger charge is 2.21. The van der Waals surface area contributed by atoms with E-state index in [9.17, 15) is 9.59 Å². The molecule has 0 radical (unpaired) electrons. The first-order chi connectivity index (χ1) is 11.3. The fourth-order valence-corrected chi connectivity index (χ4v) is 3.05. The lowest BCUT2D eigenvalue weighted by Gasteiger charge is -2.34. The highest BCUT2D eigenvalue weighted by atomic mass is 16.5. The van der Waals surface area contributed by atoms with E-state index < -0.39 is 0 Å². The van der Waals surface area contributed by atoms with Gasteiger partial charge in [0.15, 0.2) is 0 Å². The first-order valence-corrected chi connectivity index (χ1v) is 8.19. The summed E-state index contributed by atoms with van der Waals surface area (Å²) in [4.78, 5) is 27.0. The van der Waals surface area contributed by atoms with Gasteiger partial charge >= 0.3 is 0 Å². The molecule has 1 aromatic carbocycles. The Hall–Kier alpha value is -2.08. The zero-order chi connectivity index (χ0) is 16.1. The van der Waals surface area contributed by atoms with Crippen molar-refractivity contribution in [3.8, 4) is 0 Å². The van der Waals surface area contributed by atoms with E-state index in [2.05, 4.69) is 10.2 Å². The number of hydrogen-bond donors (Lipinski definition) is 1. The lowest BCUT2D eigenvalue weighted by atomic mass is 9.99. The highest BCUT2D eigenvalue weighted by Crippen LogP contribution is 2.21. The van der Waals surface area contributed by atoms with Crippen LogP contribution in [0, 0.1) is 5.92 Å². The van der Waals surface area contributed by atoms with Gasteiger partial charge in [-0.3, -0.25) is 9.59 Å². The van der Waals surface area contributed by atoms with Gasteiger partial charge in [-0.05, 0) is 37.1 Å². The van der Waals surface area contributed by atoms with E-state index in [4.69, 9.17) is 4.74 Å². The molecule has 0 atom stereocenters. The molecule has 0 spiro atoms. The maximum atomic E-state index is 12.2. The van der Waals surface area contributed by atoms with Crippen LogP contribution in [0.5, 0.6) is 0 Å². The largest absolute Gasteiger partial charge is 0.381 e. The lowest BCUT2D eigenvalue weighted by Crippen LogP contribution is -2.45. The normalized spacial score (nSPS) is 19.5. The van der Waals surface area contributed by atoms with Gasteiger partial charge < -0.3 is 19.9 Å². The van der Waals surface area contributed by atoms with Crippen molar-refractivity contribution in [1.29, 1.82) is 0 Å². The molecule has 2 saturated heterocycles. The molecule has 2 aliphatic heterocycles. The summed E-state index contributed by atoms with van der Waals surface area (Å²) in [5.74, 6) is 0.139. The minimum Gasteiger partial charge on any atom is -0.381 e. The Balaban J connectivity index is 1.54. The fraction of sp³-hybridized carbons (Fsp3) is 0.529. The van der Waals surface area contributed by atoms with E-state index in [1.54, 1.807) is 4.90 Å². The van der Waals surface area contributed by atoms with Crippen LogP contribution in [0.4, 0.5) is 11.4 Å². The van der Waals surface area contributed by atoms with Gasteiger partial charge in [0.1, 0.15) is 0 Å². The van der Waals surface area contributed by atoms with Crippen molar-refractivity contribution in [3.05, 3.63) is 24.3 Å². The third kappa shape index (κ3) is 4.01. The summed E-state index contributed by atoms with van der Waals surface area (Å²) in [7, 11) is 0. The smallest absolute Gasteiger partial charge is 0.227 e. The monoisotopic (exact) mass is 317 g/mol. The van der Waals surface area contributed by atoms with Gasteiger partial charge in [0.05, 0.1) is 0 Å². The predicted molar refractivity (Wildman–Crippen MR) is 88.5 cm³/mol. The maximum absolute atomic E-state index is 12.2. The van der Waals surface area contributed by atoms with Crippen LogP contribution in [0.25, 0.3) is 0 Å². The maximum Gasteiger partial charge on any atom is 0.227 e. The van der Waals surface area contributed by atoms with Crippen molar-refractivity contribution in [3.63, 3.8) is 0 Å². The molecule has 23 heavy (non-hydrogen) atoms. The quantitative estimate of drug-likeness (QED) is 0.851. The number of anilines is 2. The summed E-state index contributed by atoms with van der Waals surface area (Å²) in [6, 6.07) is 7.93. The molecule has 3 rings (SSSR count). The molecule has 6 nitrogen and oxygen atoms in total. The number of ether oxygens (including phenoxy) is 1. The van der Waals surface area contributed by atoms with Gasteiger partial charge in [0, 0.05) is 56.7 Å². The van der Waals surface area contributed by atoms with Crippen LogP contribution < -0.4 is 10.2 Å². The minimum absolute atomic E-state index is 0.0554. The summed E-state index contributed by atoms with van der Waals surface area (Å²) < 4.78 is 5.29. The molecule has 2 aliphatic rings. The standard InChI is InChI=1S/C17H23N3O3/c21-13-19-7-9-20(10-8-19)16-3-1-15(2-4-16)18-17(22)14-5-11-23-12-6-14/h1-4,13-14H,5-12H2,(H,18,22). The number of benzene rings is 1. The number of amides is 2. The molecular weight excluding hydrogens is 294 g/mol. The molecule has 0 unspecified atom stereocenters. The first kappa shape index (κ1) is 15.8. The summed E-state index contributed by atoms with van der Waals surface area (Å²) >= 11 is 0. The summed E-state index contributed by atoms with van der Waals surface area (Å²) in [6.45, 7) is 4.53. The zero-order valence-corrected chi connectivity index (χ0v) is 13.2. The second-order valence-corrected chi connectivity index (χ2v) is 6.05. The van der Waals surface area contributed by atoms with Gasteiger partial charge in [0.25, 0.3) is 0 Å². The first-order valence-electron chi connectivity index (χ1n) is 8.19. The van der Waals surface area contributed by atoms with Gasteiger partial charge in [-0.15, -0.1) is 0 Å². The molecule has 2 fully saturated rings. The van der Waals surface area contributed by atoms with Crippen LogP contribution in [0.15, 0.2) is 24.3 Å².